The second-order valence-corrected chi connectivity index (χ2v) is 12.0. The summed E-state index contributed by atoms with van der Waals surface area (Å²) in [7, 11) is -3.22. The Labute approximate surface area is 172 Å². The van der Waals surface area contributed by atoms with Gasteiger partial charge in [-0.15, -0.1) is 0 Å². The summed E-state index contributed by atoms with van der Waals surface area (Å²) in [6, 6.07) is 3.96. The standard InChI is InChI=1S/C23H41O4P/c1-11-26-28(25,27-12-2)15-18-13-19(16(3)22(5,6)7)21(24)20(14-18)17(4)23(8,9)10/h13-14,16-17,24H,11-12,15H2,1-10H3. The minimum atomic E-state index is -3.22. The van der Waals surface area contributed by atoms with Crippen LogP contribution in [0.5, 0.6) is 5.75 Å². The van der Waals surface area contributed by atoms with Crippen molar-refractivity contribution in [1.29, 1.82) is 0 Å². The number of rotatable bonds is 8. The monoisotopic (exact) mass is 412 g/mol. The molecule has 0 amide bonds. The maximum Gasteiger partial charge on any atom is 0.335 e. The Morgan fingerprint density at radius 1 is 0.893 bits per heavy atom. The lowest BCUT2D eigenvalue weighted by Gasteiger charge is -2.33. The van der Waals surface area contributed by atoms with Crippen LogP contribution in [0.15, 0.2) is 12.1 Å². The maximum atomic E-state index is 13.1. The molecule has 2 atom stereocenters. The van der Waals surface area contributed by atoms with E-state index in [0.717, 1.165) is 16.7 Å². The number of benzene rings is 1. The first-order valence-corrected chi connectivity index (χ1v) is 12.1. The lowest BCUT2D eigenvalue weighted by Crippen LogP contribution is -2.19. The van der Waals surface area contributed by atoms with Crippen LogP contribution in [0, 0.1) is 10.8 Å². The minimum Gasteiger partial charge on any atom is -0.507 e. The van der Waals surface area contributed by atoms with Gasteiger partial charge >= 0.3 is 7.60 Å². The number of phenolic OH excluding ortho intramolecular Hbond substituents is 1. The van der Waals surface area contributed by atoms with E-state index in [9.17, 15) is 9.67 Å². The Morgan fingerprint density at radius 3 is 1.54 bits per heavy atom. The van der Waals surface area contributed by atoms with Gasteiger partial charge in [-0.1, -0.05) is 67.5 Å². The van der Waals surface area contributed by atoms with E-state index < -0.39 is 7.60 Å². The van der Waals surface area contributed by atoms with Crippen LogP contribution in [0.3, 0.4) is 0 Å². The summed E-state index contributed by atoms with van der Waals surface area (Å²) in [6.07, 6.45) is 0.211. The molecule has 1 N–H and O–H groups in total. The fourth-order valence-corrected chi connectivity index (χ4v) is 4.85. The maximum absolute atomic E-state index is 13.1. The fourth-order valence-electron chi connectivity index (χ4n) is 3.17. The highest BCUT2D eigenvalue weighted by Gasteiger charge is 2.32. The van der Waals surface area contributed by atoms with Gasteiger partial charge in [-0.3, -0.25) is 4.57 Å². The second kappa shape index (κ2) is 9.32. The van der Waals surface area contributed by atoms with Gasteiger partial charge in [-0.05, 0) is 53.2 Å². The first-order chi connectivity index (χ1) is 12.7. The smallest absolute Gasteiger partial charge is 0.335 e. The normalized spacial score (nSPS) is 15.5. The van der Waals surface area contributed by atoms with Crippen LogP contribution in [-0.2, 0) is 19.8 Å². The first kappa shape index (κ1) is 25.2. The van der Waals surface area contributed by atoms with Gasteiger partial charge in [0, 0.05) is 0 Å². The van der Waals surface area contributed by atoms with Crippen LogP contribution in [-0.4, -0.2) is 18.3 Å². The van der Waals surface area contributed by atoms with Crippen LogP contribution >= 0.6 is 7.60 Å². The summed E-state index contributed by atoms with van der Waals surface area (Å²) >= 11 is 0. The van der Waals surface area contributed by atoms with Gasteiger partial charge in [-0.25, -0.2) is 0 Å². The van der Waals surface area contributed by atoms with Gasteiger partial charge in [0.25, 0.3) is 0 Å². The molecule has 0 aliphatic rings. The van der Waals surface area contributed by atoms with Crippen molar-refractivity contribution in [2.45, 2.75) is 87.2 Å². The third-order valence-electron chi connectivity index (χ3n) is 5.79. The lowest BCUT2D eigenvalue weighted by molar-refractivity contribution is 0.219. The van der Waals surface area contributed by atoms with E-state index in [2.05, 4.69) is 55.4 Å². The highest BCUT2D eigenvalue weighted by Crippen LogP contribution is 2.53. The van der Waals surface area contributed by atoms with Crippen molar-refractivity contribution < 1.29 is 18.7 Å². The van der Waals surface area contributed by atoms with E-state index in [1.807, 2.05) is 26.0 Å². The first-order valence-electron chi connectivity index (χ1n) is 10.4. The molecule has 2 unspecified atom stereocenters. The van der Waals surface area contributed by atoms with Gasteiger partial charge in [0.05, 0.1) is 19.4 Å². The molecule has 1 aromatic carbocycles. The summed E-state index contributed by atoms with van der Waals surface area (Å²) in [4.78, 5) is 0. The molecule has 0 fully saturated rings. The van der Waals surface area contributed by atoms with E-state index in [0.29, 0.717) is 19.0 Å². The molecule has 1 rings (SSSR count). The number of phenols is 1. The molecule has 0 radical (unpaired) electrons. The lowest BCUT2D eigenvalue weighted by atomic mass is 9.73. The molecule has 162 valence electrons. The molecule has 0 heterocycles. The highest BCUT2D eigenvalue weighted by atomic mass is 31.2. The molecule has 1 aromatic rings. The predicted octanol–water partition coefficient (Wildman–Crippen LogP) is 7.46. The average Bonchev–Trinajstić information content (AvgIpc) is 2.53. The topological polar surface area (TPSA) is 55.8 Å². The molecular formula is C23H41O4P. The van der Waals surface area contributed by atoms with Crippen LogP contribution < -0.4 is 0 Å². The van der Waals surface area contributed by atoms with Gasteiger partial charge in [-0.2, -0.15) is 0 Å². The summed E-state index contributed by atoms with van der Waals surface area (Å²) in [5.74, 6) is 0.630. The summed E-state index contributed by atoms with van der Waals surface area (Å²) in [5, 5.41) is 11.2. The van der Waals surface area contributed by atoms with E-state index >= 15 is 0 Å². The van der Waals surface area contributed by atoms with Crippen LogP contribution in [0.2, 0.25) is 0 Å². The van der Waals surface area contributed by atoms with Crippen molar-refractivity contribution >= 4 is 7.60 Å². The van der Waals surface area contributed by atoms with E-state index in [1.54, 1.807) is 0 Å². The molecule has 0 spiro atoms. The summed E-state index contributed by atoms with van der Waals surface area (Å²) < 4.78 is 24.1. The number of hydrogen-bond donors (Lipinski definition) is 1. The zero-order valence-electron chi connectivity index (χ0n) is 19.5. The Bertz CT molecular complexity index is 647. The van der Waals surface area contributed by atoms with E-state index in [1.165, 1.54) is 0 Å². The molecule has 0 saturated carbocycles. The molecular weight excluding hydrogens is 371 g/mol. The Balaban J connectivity index is 3.59. The Hall–Kier alpha value is -0.830. The zero-order chi connectivity index (χ0) is 21.9. The van der Waals surface area contributed by atoms with Gasteiger partial charge < -0.3 is 14.2 Å². The molecule has 0 bridgehead atoms. The minimum absolute atomic E-state index is 0.0120. The van der Waals surface area contributed by atoms with Crippen molar-refractivity contribution in [3.63, 3.8) is 0 Å². The van der Waals surface area contributed by atoms with Crippen LogP contribution in [0.4, 0.5) is 0 Å². The van der Waals surface area contributed by atoms with Crippen molar-refractivity contribution in [3.05, 3.63) is 28.8 Å². The van der Waals surface area contributed by atoms with Crippen LogP contribution in [0.25, 0.3) is 0 Å². The quantitative estimate of drug-likeness (QED) is 0.450. The molecule has 0 aromatic heterocycles. The van der Waals surface area contributed by atoms with Gasteiger partial charge in [0.2, 0.25) is 0 Å². The van der Waals surface area contributed by atoms with Gasteiger partial charge in [0.1, 0.15) is 5.75 Å². The van der Waals surface area contributed by atoms with E-state index in [-0.39, 0.29) is 28.8 Å². The van der Waals surface area contributed by atoms with Crippen molar-refractivity contribution in [2.24, 2.45) is 10.8 Å². The Morgan fingerprint density at radius 2 is 1.25 bits per heavy atom. The highest BCUT2D eigenvalue weighted by molar-refractivity contribution is 7.53. The number of hydrogen-bond acceptors (Lipinski definition) is 4. The Kier molecular flexibility index (Phi) is 8.39. The van der Waals surface area contributed by atoms with Gasteiger partial charge in [0.15, 0.2) is 0 Å². The van der Waals surface area contributed by atoms with Crippen molar-refractivity contribution in [2.75, 3.05) is 13.2 Å². The second-order valence-electron chi connectivity index (χ2n) is 9.90. The SMILES string of the molecule is CCOP(=O)(Cc1cc(C(C)C(C)(C)C)c(O)c(C(C)C(C)(C)C)c1)OCC. The van der Waals surface area contributed by atoms with Crippen molar-refractivity contribution in [3.8, 4) is 5.75 Å². The average molecular weight is 413 g/mol. The third-order valence-corrected chi connectivity index (χ3v) is 7.84. The molecule has 28 heavy (non-hydrogen) atoms. The largest absolute Gasteiger partial charge is 0.507 e. The summed E-state index contributed by atoms with van der Waals surface area (Å²) in [6.45, 7) is 21.6. The molecule has 4 nitrogen and oxygen atoms in total. The zero-order valence-corrected chi connectivity index (χ0v) is 20.4. The predicted molar refractivity (Wildman–Crippen MR) is 118 cm³/mol. The molecule has 0 aliphatic heterocycles. The van der Waals surface area contributed by atoms with Crippen molar-refractivity contribution in [1.82, 2.24) is 0 Å². The third kappa shape index (κ3) is 6.34. The summed E-state index contributed by atoms with van der Waals surface area (Å²) in [5.41, 5.74) is 2.66. The molecule has 0 saturated heterocycles. The fraction of sp³-hybridized carbons (Fsp3) is 0.739. The molecule has 5 heteroatoms. The number of aromatic hydroxyl groups is 1. The molecule has 0 aliphatic carbocycles. The van der Waals surface area contributed by atoms with Crippen LogP contribution in [0.1, 0.15) is 97.8 Å². The van der Waals surface area contributed by atoms with E-state index in [4.69, 9.17) is 9.05 Å².